The number of ether oxygens (including phenoxy) is 3. The van der Waals surface area contributed by atoms with Gasteiger partial charge >= 0.3 is 0 Å². The molecule has 12 heteroatoms. The largest absolute Gasteiger partial charge is 0.491 e. The molecule has 0 atom stereocenters. The summed E-state index contributed by atoms with van der Waals surface area (Å²) in [5, 5.41) is 6.80. The zero-order valence-corrected chi connectivity index (χ0v) is 24.6. The highest BCUT2D eigenvalue weighted by Gasteiger charge is 2.15. The second kappa shape index (κ2) is 15.3. The first kappa shape index (κ1) is 23.9. The third-order valence-corrected chi connectivity index (χ3v) is 6.94. The number of hydrogen-bond donors (Lipinski definition) is 2. The van der Waals surface area contributed by atoms with Crippen molar-refractivity contribution in [2.75, 3.05) is 64.0 Å². The molecule has 0 unspecified atom stereocenters. The van der Waals surface area contributed by atoms with Crippen LogP contribution in [0.25, 0.3) is 10.9 Å². The maximum atomic E-state index is 13.0. The summed E-state index contributed by atoms with van der Waals surface area (Å²) in [4.78, 5) is 28.5. The maximum absolute atomic E-state index is 13.0. The van der Waals surface area contributed by atoms with Gasteiger partial charge in [0.25, 0.3) is 0 Å². The summed E-state index contributed by atoms with van der Waals surface area (Å²) in [6.07, 6.45) is 5.34. The Bertz CT molecular complexity index is 1780. The molecule has 1 saturated heterocycles. The van der Waals surface area contributed by atoms with E-state index in [1.165, 1.54) is 6.33 Å². The Kier molecular flexibility index (Phi) is 8.34. The molecule has 1 aliphatic heterocycles. The van der Waals surface area contributed by atoms with Gasteiger partial charge in [-0.25, -0.2) is 9.97 Å². The number of rotatable bonds is 13. The minimum atomic E-state index is -3.00. The van der Waals surface area contributed by atoms with Crippen molar-refractivity contribution in [1.29, 1.82) is 0 Å². The van der Waals surface area contributed by atoms with Gasteiger partial charge in [0.05, 0.1) is 41.7 Å². The number of pyridine rings is 1. The van der Waals surface area contributed by atoms with Crippen LogP contribution < -0.4 is 20.1 Å². The highest BCUT2D eigenvalue weighted by molar-refractivity contribution is 6.32. The third-order valence-electron chi connectivity index (χ3n) is 6.65. The quantitative estimate of drug-likeness (QED) is 0.154. The normalized spacial score (nSPS) is 16.2. The van der Waals surface area contributed by atoms with Crippen LogP contribution in [-0.4, -0.2) is 84.1 Å². The molecule has 1 fully saturated rings. The number of nitrogens with one attached hydrogen (secondary N) is 2. The van der Waals surface area contributed by atoms with Gasteiger partial charge in [0, 0.05) is 77.4 Å². The predicted molar refractivity (Wildman–Crippen MR) is 172 cm³/mol. The minimum absolute atomic E-state index is 0.166. The fourth-order valence-electron chi connectivity index (χ4n) is 4.48. The summed E-state index contributed by atoms with van der Waals surface area (Å²) in [6.45, 7) is -1.57. The Morgan fingerprint density at radius 3 is 2.80 bits per heavy atom. The van der Waals surface area contributed by atoms with Crippen LogP contribution in [-0.2, 0) is 16.1 Å². The number of morpholine rings is 1. The molecular formula is C32H36ClN7O4. The number of amides is 1. The van der Waals surface area contributed by atoms with Gasteiger partial charge in [0.15, 0.2) is 0 Å². The van der Waals surface area contributed by atoms with Crippen molar-refractivity contribution >= 4 is 45.6 Å². The first-order valence-corrected chi connectivity index (χ1v) is 14.3. The fraction of sp³-hybridized carbons (Fsp3) is 0.312. The monoisotopic (exact) mass is 623 g/mol. The summed E-state index contributed by atoms with van der Waals surface area (Å²) >= 11 is 6.53. The zero-order chi connectivity index (χ0) is 35.7. The maximum Gasteiger partial charge on any atom is 0.249 e. The van der Waals surface area contributed by atoms with E-state index < -0.39 is 19.9 Å². The molecule has 0 bridgehead atoms. The molecule has 2 N–H and O–H groups in total. The number of hydrogen-bond acceptors (Lipinski definition) is 10. The van der Waals surface area contributed by atoms with Crippen molar-refractivity contribution in [1.82, 2.24) is 24.8 Å². The molecule has 1 aliphatic rings. The van der Waals surface area contributed by atoms with E-state index in [9.17, 15) is 4.79 Å². The lowest BCUT2D eigenvalue weighted by Crippen LogP contribution is -2.37. The van der Waals surface area contributed by atoms with Crippen LogP contribution in [0.2, 0.25) is 5.02 Å². The lowest BCUT2D eigenvalue weighted by molar-refractivity contribution is -0.112. The number of anilines is 3. The van der Waals surface area contributed by atoms with E-state index >= 15 is 0 Å². The fourth-order valence-corrected chi connectivity index (χ4v) is 4.71. The van der Waals surface area contributed by atoms with Crippen LogP contribution in [0, 0.1) is 0 Å². The molecule has 2 aromatic heterocycles. The second-order valence-electron chi connectivity index (χ2n) is 9.80. The first-order chi connectivity index (χ1) is 23.9. The third kappa shape index (κ3) is 8.79. The molecule has 2 aromatic carbocycles. The lowest BCUT2D eigenvalue weighted by atomic mass is 10.1. The Labute approximate surface area is 270 Å². The number of fused-ring (bicyclic) bond motifs is 1. The zero-order valence-electron chi connectivity index (χ0n) is 29.8. The molecule has 0 radical (unpaired) electrons. The molecule has 230 valence electrons. The minimum Gasteiger partial charge on any atom is -0.491 e. The van der Waals surface area contributed by atoms with Crippen molar-refractivity contribution in [3.05, 3.63) is 84.0 Å². The molecule has 5 rings (SSSR count). The van der Waals surface area contributed by atoms with Gasteiger partial charge in [-0.1, -0.05) is 17.7 Å². The molecule has 0 saturated carbocycles. The van der Waals surface area contributed by atoms with Gasteiger partial charge in [-0.05, 0) is 42.8 Å². The van der Waals surface area contributed by atoms with E-state index in [0.717, 1.165) is 37.6 Å². The highest BCUT2D eigenvalue weighted by Crippen LogP contribution is 2.35. The van der Waals surface area contributed by atoms with Gasteiger partial charge < -0.3 is 29.7 Å². The predicted octanol–water partition coefficient (Wildman–Crippen LogP) is 5.12. The van der Waals surface area contributed by atoms with Crippen LogP contribution in [0.3, 0.4) is 0 Å². The number of carbonyl (C=O) groups is 1. The van der Waals surface area contributed by atoms with E-state index in [0.29, 0.717) is 65.2 Å². The molecule has 1 amide bonds. The van der Waals surface area contributed by atoms with Crippen LogP contribution in [0.5, 0.6) is 11.5 Å². The number of benzene rings is 2. The Balaban J connectivity index is 1.37. The van der Waals surface area contributed by atoms with E-state index in [1.807, 2.05) is 18.2 Å². The first-order valence-electron chi connectivity index (χ1n) is 17.0. The van der Waals surface area contributed by atoms with Crippen molar-refractivity contribution in [2.24, 2.45) is 0 Å². The smallest absolute Gasteiger partial charge is 0.249 e. The van der Waals surface area contributed by atoms with Crippen molar-refractivity contribution in [2.45, 2.75) is 13.0 Å². The Morgan fingerprint density at radius 2 is 2.00 bits per heavy atom. The summed E-state index contributed by atoms with van der Waals surface area (Å²) < 4.78 is 62.6. The van der Waals surface area contributed by atoms with Crippen molar-refractivity contribution < 1.29 is 27.2 Å². The van der Waals surface area contributed by atoms with Crippen molar-refractivity contribution in [3.8, 4) is 11.5 Å². The van der Waals surface area contributed by atoms with Crippen LogP contribution >= 0.6 is 11.6 Å². The van der Waals surface area contributed by atoms with Gasteiger partial charge in [-0.2, -0.15) is 0 Å². The van der Waals surface area contributed by atoms with E-state index in [4.69, 9.17) is 34.0 Å². The summed E-state index contributed by atoms with van der Waals surface area (Å²) in [5.74, 6) is 0.404. The van der Waals surface area contributed by atoms with E-state index in [-0.39, 0.29) is 17.2 Å². The number of nitrogens with zero attached hydrogens (tertiary/aromatic N) is 5. The molecule has 3 heterocycles. The van der Waals surface area contributed by atoms with Crippen LogP contribution in [0.4, 0.5) is 17.2 Å². The standard InChI is InChI=1S/C32H36ClN7O4/c1-39(2)12-9-31(41)38-28-19-25-27(20-30(28)43-15-5-11-40-13-16-42-17-14-40)35-22-36-32(25)37-23-7-8-29(26(33)18-23)44-21-24-6-3-4-10-34-24/h3-4,6-10,12,18-20,22H,5,11,13-17,21H2,1-2H3,(H,38,41)(H,35,36,37)/b12-9+/i1D3,2D3. The van der Waals surface area contributed by atoms with E-state index in [1.54, 1.807) is 36.5 Å². The summed E-state index contributed by atoms with van der Waals surface area (Å²) in [6, 6.07) is 14.0. The Morgan fingerprint density at radius 1 is 1.11 bits per heavy atom. The number of carbonyl (C=O) groups excluding carboxylic acids is 1. The van der Waals surface area contributed by atoms with Crippen LogP contribution in [0.15, 0.2) is 73.3 Å². The van der Waals surface area contributed by atoms with Crippen LogP contribution in [0.1, 0.15) is 20.3 Å². The van der Waals surface area contributed by atoms with Gasteiger partial charge in [-0.15, -0.1) is 0 Å². The highest BCUT2D eigenvalue weighted by atomic mass is 35.5. The lowest BCUT2D eigenvalue weighted by Gasteiger charge is -2.26. The van der Waals surface area contributed by atoms with Gasteiger partial charge in [0.1, 0.15) is 30.3 Å². The summed E-state index contributed by atoms with van der Waals surface area (Å²) in [7, 11) is 0. The molecule has 44 heavy (non-hydrogen) atoms. The topological polar surface area (TPSA) is 114 Å². The second-order valence-corrected chi connectivity index (χ2v) is 10.2. The number of halogens is 1. The molecule has 4 aromatic rings. The SMILES string of the molecule is [2H]C([2H])([2H])N(/C=C/C(=O)Nc1cc2c(Nc3ccc(OCc4ccccn4)c(Cl)c3)ncnc2cc1OCCCN1CCOCC1)C([2H])([2H])[2H]. The Hall–Kier alpha value is -4.45. The van der Waals surface area contributed by atoms with Crippen molar-refractivity contribution in [3.63, 3.8) is 0 Å². The molecular weight excluding hydrogens is 582 g/mol. The number of aromatic nitrogens is 3. The molecule has 0 aliphatic carbocycles. The van der Waals surface area contributed by atoms with E-state index in [2.05, 4.69) is 30.5 Å². The van der Waals surface area contributed by atoms with Gasteiger partial charge in [-0.3, -0.25) is 14.7 Å². The average Bonchev–Trinajstić information content (AvgIpc) is 3.06. The molecule has 0 spiro atoms. The van der Waals surface area contributed by atoms with Gasteiger partial charge in [0.2, 0.25) is 5.91 Å². The average molecular weight is 624 g/mol. The summed E-state index contributed by atoms with van der Waals surface area (Å²) in [5.41, 5.74) is 2.11. The molecule has 11 nitrogen and oxygen atoms in total.